The fourth-order valence-corrected chi connectivity index (χ4v) is 5.56. The van der Waals surface area contributed by atoms with Crippen molar-refractivity contribution in [2.75, 3.05) is 16.4 Å². The van der Waals surface area contributed by atoms with E-state index in [1.807, 2.05) is 86.0 Å². The van der Waals surface area contributed by atoms with Crippen LogP contribution in [0.15, 0.2) is 94.0 Å². The van der Waals surface area contributed by atoms with E-state index in [9.17, 15) is 14.9 Å². The summed E-state index contributed by atoms with van der Waals surface area (Å²) >= 11 is 2.75. The number of para-hydroxylation sites is 2. The molecule has 1 unspecified atom stereocenters. The zero-order valence-electron chi connectivity index (χ0n) is 19.3. The molecule has 2 aromatic carbocycles. The first kappa shape index (κ1) is 24.3. The Morgan fingerprint density at radius 1 is 1.03 bits per heavy atom. The molecule has 0 saturated carbocycles. The number of benzene rings is 2. The molecule has 35 heavy (non-hydrogen) atoms. The second-order valence-corrected chi connectivity index (χ2v) is 9.90. The lowest BCUT2D eigenvalue weighted by Crippen LogP contribution is -2.31. The fourth-order valence-electron chi connectivity index (χ4n) is 3.83. The highest BCUT2D eigenvalue weighted by Crippen LogP contribution is 2.42. The van der Waals surface area contributed by atoms with E-state index in [1.54, 1.807) is 0 Å². The SMILES string of the molecule is CC1=C(C(=O)Nc2ccccc2C)C(c2cccs2)C(C#N)=C(SCC(=O)Nc2ccccc2)N1. The van der Waals surface area contributed by atoms with Gasteiger partial charge in [0.25, 0.3) is 5.91 Å². The summed E-state index contributed by atoms with van der Waals surface area (Å²) in [5.74, 6) is -0.839. The van der Waals surface area contributed by atoms with Crippen LogP contribution in [0.5, 0.6) is 0 Å². The summed E-state index contributed by atoms with van der Waals surface area (Å²) in [5, 5.41) is 21.7. The highest BCUT2D eigenvalue weighted by molar-refractivity contribution is 8.03. The van der Waals surface area contributed by atoms with E-state index in [0.29, 0.717) is 27.6 Å². The Hall–Kier alpha value is -3.80. The van der Waals surface area contributed by atoms with Crippen molar-refractivity contribution >= 4 is 46.3 Å². The Bertz CT molecular complexity index is 1340. The van der Waals surface area contributed by atoms with Gasteiger partial charge in [0.2, 0.25) is 5.91 Å². The molecule has 0 saturated heterocycles. The number of carbonyl (C=O) groups is 2. The average Bonchev–Trinajstić information content (AvgIpc) is 3.39. The number of hydrogen-bond donors (Lipinski definition) is 3. The molecule has 3 aromatic rings. The minimum atomic E-state index is -0.523. The highest BCUT2D eigenvalue weighted by atomic mass is 32.2. The molecule has 1 aromatic heterocycles. The normalized spacial score (nSPS) is 15.3. The molecule has 8 heteroatoms. The largest absolute Gasteiger partial charge is 0.353 e. The summed E-state index contributed by atoms with van der Waals surface area (Å²) in [5.41, 5.74) is 3.96. The van der Waals surface area contributed by atoms with Gasteiger partial charge in [-0.25, -0.2) is 0 Å². The number of amides is 2. The molecule has 1 atom stereocenters. The number of thioether (sulfide) groups is 1. The second kappa shape index (κ2) is 11.1. The van der Waals surface area contributed by atoms with Crippen LogP contribution in [0.3, 0.4) is 0 Å². The molecule has 6 nitrogen and oxygen atoms in total. The Morgan fingerprint density at radius 2 is 1.77 bits per heavy atom. The van der Waals surface area contributed by atoms with Crippen LogP contribution >= 0.6 is 23.1 Å². The van der Waals surface area contributed by atoms with Crippen molar-refractivity contribution in [3.05, 3.63) is 104 Å². The number of nitrogens with zero attached hydrogens (tertiary/aromatic N) is 1. The van der Waals surface area contributed by atoms with Gasteiger partial charge in [-0.2, -0.15) is 5.26 Å². The number of hydrogen-bond acceptors (Lipinski definition) is 6. The van der Waals surface area contributed by atoms with Crippen molar-refractivity contribution < 1.29 is 9.59 Å². The number of anilines is 2. The van der Waals surface area contributed by atoms with Crippen LogP contribution in [0.1, 0.15) is 23.3 Å². The van der Waals surface area contributed by atoms with E-state index in [0.717, 1.165) is 16.1 Å². The zero-order chi connectivity index (χ0) is 24.8. The molecule has 1 aliphatic rings. The molecule has 0 aliphatic carbocycles. The molecule has 3 N–H and O–H groups in total. The van der Waals surface area contributed by atoms with E-state index >= 15 is 0 Å². The van der Waals surface area contributed by atoms with Crippen LogP contribution in [-0.4, -0.2) is 17.6 Å². The monoisotopic (exact) mass is 500 g/mol. The minimum Gasteiger partial charge on any atom is -0.353 e. The molecular weight excluding hydrogens is 476 g/mol. The van der Waals surface area contributed by atoms with Gasteiger partial charge in [0.1, 0.15) is 0 Å². The lowest BCUT2D eigenvalue weighted by molar-refractivity contribution is -0.114. The first-order valence-corrected chi connectivity index (χ1v) is 12.8. The predicted octanol–water partition coefficient (Wildman–Crippen LogP) is 5.76. The Morgan fingerprint density at radius 3 is 2.46 bits per heavy atom. The van der Waals surface area contributed by atoms with Crippen LogP contribution < -0.4 is 16.0 Å². The molecule has 0 spiro atoms. The van der Waals surface area contributed by atoms with E-state index in [2.05, 4.69) is 22.0 Å². The lowest BCUT2D eigenvalue weighted by Gasteiger charge is -2.29. The summed E-state index contributed by atoms with van der Waals surface area (Å²) in [6, 6.07) is 22.9. The van der Waals surface area contributed by atoms with Crippen molar-refractivity contribution in [3.8, 4) is 6.07 Å². The Balaban J connectivity index is 1.60. The Labute approximate surface area is 212 Å². The highest BCUT2D eigenvalue weighted by Gasteiger charge is 2.35. The maximum atomic E-state index is 13.5. The van der Waals surface area contributed by atoms with Crippen molar-refractivity contribution in [3.63, 3.8) is 0 Å². The number of aryl methyl sites for hydroxylation is 1. The molecule has 1 aliphatic heterocycles. The van der Waals surface area contributed by atoms with Crippen LogP contribution in [0.2, 0.25) is 0 Å². The standard InChI is InChI=1S/C27H24N4O2S2/c1-17-9-6-7-12-21(17)31-26(33)24-18(2)29-27(20(15-28)25(24)22-13-8-14-34-22)35-16-23(32)30-19-10-4-3-5-11-19/h3-14,25,29H,16H2,1-2H3,(H,30,32)(H,31,33). The molecule has 2 amide bonds. The van der Waals surface area contributed by atoms with Gasteiger partial charge in [0.15, 0.2) is 0 Å². The first-order chi connectivity index (χ1) is 17.0. The van der Waals surface area contributed by atoms with Gasteiger partial charge >= 0.3 is 0 Å². The van der Waals surface area contributed by atoms with Gasteiger partial charge in [-0.15, -0.1) is 11.3 Å². The third-order valence-electron chi connectivity index (χ3n) is 5.52. The third-order valence-corrected chi connectivity index (χ3v) is 7.47. The van der Waals surface area contributed by atoms with E-state index in [4.69, 9.17) is 0 Å². The van der Waals surface area contributed by atoms with Gasteiger partial charge in [0.05, 0.1) is 28.3 Å². The summed E-state index contributed by atoms with van der Waals surface area (Å²) in [7, 11) is 0. The number of thiophene rings is 1. The fraction of sp³-hybridized carbons (Fsp3) is 0.148. The second-order valence-electron chi connectivity index (χ2n) is 7.94. The van der Waals surface area contributed by atoms with Crippen molar-refractivity contribution in [1.82, 2.24) is 5.32 Å². The number of allylic oxidation sites excluding steroid dienone is 2. The zero-order valence-corrected chi connectivity index (χ0v) is 20.9. The van der Waals surface area contributed by atoms with Crippen LogP contribution in [0.4, 0.5) is 11.4 Å². The number of nitriles is 1. The average molecular weight is 501 g/mol. The topological polar surface area (TPSA) is 94.0 Å². The number of nitrogens with one attached hydrogen (secondary N) is 3. The summed E-state index contributed by atoms with van der Waals surface area (Å²) in [6.07, 6.45) is 0. The molecule has 0 bridgehead atoms. The van der Waals surface area contributed by atoms with Crippen LogP contribution in [-0.2, 0) is 9.59 Å². The maximum Gasteiger partial charge on any atom is 0.254 e. The van der Waals surface area contributed by atoms with E-state index in [-0.39, 0.29) is 17.6 Å². The van der Waals surface area contributed by atoms with Gasteiger partial charge in [-0.05, 0) is 49.1 Å². The molecule has 0 fully saturated rings. The first-order valence-electron chi connectivity index (χ1n) is 11.0. The summed E-state index contributed by atoms with van der Waals surface area (Å²) in [4.78, 5) is 26.9. The minimum absolute atomic E-state index is 0.123. The molecule has 4 rings (SSSR count). The van der Waals surface area contributed by atoms with Gasteiger partial charge in [-0.3, -0.25) is 9.59 Å². The van der Waals surface area contributed by atoms with Crippen LogP contribution in [0, 0.1) is 18.3 Å². The van der Waals surface area contributed by atoms with E-state index < -0.39 is 5.92 Å². The lowest BCUT2D eigenvalue weighted by atomic mass is 9.86. The number of rotatable bonds is 7. The van der Waals surface area contributed by atoms with Crippen molar-refractivity contribution in [2.45, 2.75) is 19.8 Å². The van der Waals surface area contributed by atoms with Crippen molar-refractivity contribution in [1.29, 1.82) is 5.26 Å². The molecule has 176 valence electrons. The summed E-state index contributed by atoms with van der Waals surface area (Å²) < 4.78 is 0. The quantitative estimate of drug-likeness (QED) is 0.383. The molecule has 0 radical (unpaired) electrons. The van der Waals surface area contributed by atoms with Gasteiger partial charge < -0.3 is 16.0 Å². The number of dihydropyridines is 1. The van der Waals surface area contributed by atoms with E-state index in [1.165, 1.54) is 23.1 Å². The molecule has 2 heterocycles. The van der Waals surface area contributed by atoms with Crippen molar-refractivity contribution in [2.24, 2.45) is 0 Å². The molecular formula is C27H24N4O2S2. The third kappa shape index (κ3) is 5.65. The van der Waals surface area contributed by atoms with Gasteiger partial charge in [0, 0.05) is 27.5 Å². The maximum absolute atomic E-state index is 13.5. The predicted molar refractivity (Wildman–Crippen MR) is 143 cm³/mol. The van der Waals surface area contributed by atoms with Crippen LogP contribution in [0.25, 0.3) is 0 Å². The van der Waals surface area contributed by atoms with Gasteiger partial charge in [-0.1, -0.05) is 54.2 Å². The Kier molecular flexibility index (Phi) is 7.70. The number of carbonyl (C=O) groups excluding carboxylic acids is 2. The smallest absolute Gasteiger partial charge is 0.254 e. The summed E-state index contributed by atoms with van der Waals surface area (Å²) in [6.45, 7) is 3.76.